The van der Waals surface area contributed by atoms with Crippen molar-refractivity contribution in [1.29, 1.82) is 0 Å². The van der Waals surface area contributed by atoms with Crippen molar-refractivity contribution in [3.05, 3.63) is 10.4 Å². The molecule has 1 aromatic rings. The standard InChI is InChI=1S/C7H12N2OS/c1-10-4-2-3-7-9-6(8)5-11-7/h5H,2-4,8H2,1H3. The number of hydrogen-bond donors (Lipinski definition) is 1. The lowest BCUT2D eigenvalue weighted by Crippen LogP contribution is -1.92. The van der Waals surface area contributed by atoms with E-state index in [1.807, 2.05) is 5.38 Å². The number of nitrogen functional groups attached to an aromatic ring is 1. The number of aryl methyl sites for hydroxylation is 1. The summed E-state index contributed by atoms with van der Waals surface area (Å²) in [5, 5.41) is 2.96. The molecule has 1 heterocycles. The zero-order valence-corrected chi connectivity index (χ0v) is 7.36. The Morgan fingerprint density at radius 1 is 1.73 bits per heavy atom. The van der Waals surface area contributed by atoms with Gasteiger partial charge in [-0.05, 0) is 6.42 Å². The Morgan fingerprint density at radius 2 is 2.55 bits per heavy atom. The summed E-state index contributed by atoms with van der Waals surface area (Å²) in [6.45, 7) is 0.791. The predicted octanol–water partition coefficient (Wildman–Crippen LogP) is 1.30. The van der Waals surface area contributed by atoms with E-state index in [2.05, 4.69) is 4.98 Å². The first-order valence-electron chi connectivity index (χ1n) is 3.51. The first-order chi connectivity index (χ1) is 5.33. The summed E-state index contributed by atoms with van der Waals surface area (Å²) < 4.78 is 4.92. The maximum absolute atomic E-state index is 5.45. The molecule has 2 N–H and O–H groups in total. The van der Waals surface area contributed by atoms with E-state index < -0.39 is 0 Å². The minimum absolute atomic E-state index is 0.627. The number of anilines is 1. The van der Waals surface area contributed by atoms with Crippen molar-refractivity contribution in [1.82, 2.24) is 4.98 Å². The van der Waals surface area contributed by atoms with Gasteiger partial charge in [0.2, 0.25) is 0 Å². The smallest absolute Gasteiger partial charge is 0.134 e. The van der Waals surface area contributed by atoms with Crippen LogP contribution in [0.5, 0.6) is 0 Å². The molecule has 62 valence electrons. The quantitative estimate of drug-likeness (QED) is 0.696. The monoisotopic (exact) mass is 172 g/mol. The van der Waals surface area contributed by atoms with Gasteiger partial charge >= 0.3 is 0 Å². The fraction of sp³-hybridized carbons (Fsp3) is 0.571. The van der Waals surface area contributed by atoms with Crippen molar-refractivity contribution in [3.8, 4) is 0 Å². The summed E-state index contributed by atoms with van der Waals surface area (Å²) >= 11 is 1.61. The number of aromatic nitrogens is 1. The number of methoxy groups -OCH3 is 1. The zero-order valence-electron chi connectivity index (χ0n) is 6.54. The highest BCUT2D eigenvalue weighted by Gasteiger charge is 1.97. The van der Waals surface area contributed by atoms with Crippen molar-refractivity contribution in [2.24, 2.45) is 0 Å². The van der Waals surface area contributed by atoms with Crippen molar-refractivity contribution in [2.45, 2.75) is 12.8 Å². The van der Waals surface area contributed by atoms with Crippen LogP contribution in [0.25, 0.3) is 0 Å². The van der Waals surface area contributed by atoms with E-state index in [1.165, 1.54) is 0 Å². The molecule has 0 spiro atoms. The van der Waals surface area contributed by atoms with E-state index in [9.17, 15) is 0 Å². The van der Waals surface area contributed by atoms with Gasteiger partial charge in [-0.25, -0.2) is 4.98 Å². The fourth-order valence-corrected chi connectivity index (χ4v) is 1.54. The van der Waals surface area contributed by atoms with Gasteiger partial charge < -0.3 is 10.5 Å². The normalized spacial score (nSPS) is 10.3. The molecular weight excluding hydrogens is 160 g/mol. The van der Waals surface area contributed by atoms with Gasteiger partial charge in [-0.1, -0.05) is 0 Å². The molecule has 0 unspecified atom stereocenters. The van der Waals surface area contributed by atoms with Gasteiger partial charge in [-0.3, -0.25) is 0 Å². The van der Waals surface area contributed by atoms with Crippen molar-refractivity contribution < 1.29 is 4.74 Å². The molecule has 4 heteroatoms. The maximum atomic E-state index is 5.45. The van der Waals surface area contributed by atoms with Crippen molar-refractivity contribution in [3.63, 3.8) is 0 Å². The molecule has 1 aromatic heterocycles. The Labute approximate surface area is 70.2 Å². The molecule has 0 aliphatic carbocycles. The van der Waals surface area contributed by atoms with Gasteiger partial charge in [0, 0.05) is 25.5 Å². The summed E-state index contributed by atoms with van der Waals surface area (Å²) in [5.41, 5.74) is 5.45. The van der Waals surface area contributed by atoms with Gasteiger partial charge in [-0.15, -0.1) is 11.3 Å². The molecule has 0 amide bonds. The van der Waals surface area contributed by atoms with Crippen LogP contribution in [-0.2, 0) is 11.2 Å². The van der Waals surface area contributed by atoms with Crippen LogP contribution < -0.4 is 5.73 Å². The minimum Gasteiger partial charge on any atom is -0.385 e. The van der Waals surface area contributed by atoms with E-state index >= 15 is 0 Å². The Bertz CT molecular complexity index is 212. The lowest BCUT2D eigenvalue weighted by Gasteiger charge is -1.94. The molecule has 0 bridgehead atoms. The van der Waals surface area contributed by atoms with Crippen molar-refractivity contribution in [2.75, 3.05) is 19.5 Å². The van der Waals surface area contributed by atoms with E-state index in [0.717, 1.165) is 24.5 Å². The van der Waals surface area contributed by atoms with Crippen LogP contribution in [0.2, 0.25) is 0 Å². The van der Waals surface area contributed by atoms with E-state index in [1.54, 1.807) is 18.4 Å². The minimum atomic E-state index is 0.627. The van der Waals surface area contributed by atoms with E-state index in [0.29, 0.717) is 5.82 Å². The summed E-state index contributed by atoms with van der Waals surface area (Å²) in [7, 11) is 1.70. The van der Waals surface area contributed by atoms with Crippen LogP contribution in [-0.4, -0.2) is 18.7 Å². The molecule has 0 aliphatic rings. The molecule has 1 rings (SSSR count). The average Bonchev–Trinajstić information content (AvgIpc) is 2.37. The van der Waals surface area contributed by atoms with Gasteiger partial charge in [-0.2, -0.15) is 0 Å². The second-order valence-corrected chi connectivity index (χ2v) is 3.21. The lowest BCUT2D eigenvalue weighted by molar-refractivity contribution is 0.195. The third-order valence-corrected chi connectivity index (χ3v) is 2.24. The molecule has 3 nitrogen and oxygen atoms in total. The summed E-state index contributed by atoms with van der Waals surface area (Å²) in [4.78, 5) is 4.12. The summed E-state index contributed by atoms with van der Waals surface area (Å²) in [6.07, 6.45) is 1.99. The summed E-state index contributed by atoms with van der Waals surface area (Å²) in [5.74, 6) is 0.627. The molecule has 0 saturated carbocycles. The van der Waals surface area contributed by atoms with E-state index in [4.69, 9.17) is 10.5 Å². The number of nitrogens with two attached hydrogens (primary N) is 1. The topological polar surface area (TPSA) is 48.1 Å². The highest BCUT2D eigenvalue weighted by Crippen LogP contribution is 2.12. The molecule has 0 aliphatic heterocycles. The number of thiazole rings is 1. The molecule has 0 saturated heterocycles. The Morgan fingerprint density at radius 3 is 3.09 bits per heavy atom. The number of hydrogen-bond acceptors (Lipinski definition) is 4. The largest absolute Gasteiger partial charge is 0.385 e. The van der Waals surface area contributed by atoms with Crippen LogP contribution in [0.4, 0.5) is 5.82 Å². The molecule has 11 heavy (non-hydrogen) atoms. The first-order valence-corrected chi connectivity index (χ1v) is 4.39. The molecule has 0 fully saturated rings. The highest BCUT2D eigenvalue weighted by molar-refractivity contribution is 7.10. The Hall–Kier alpha value is -0.610. The van der Waals surface area contributed by atoms with Crippen LogP contribution in [0.1, 0.15) is 11.4 Å². The predicted molar refractivity (Wildman–Crippen MR) is 46.7 cm³/mol. The van der Waals surface area contributed by atoms with Gasteiger partial charge in [0.05, 0.1) is 5.01 Å². The fourth-order valence-electron chi connectivity index (χ4n) is 0.808. The summed E-state index contributed by atoms with van der Waals surface area (Å²) in [6, 6.07) is 0. The number of ether oxygens (including phenoxy) is 1. The second-order valence-electron chi connectivity index (χ2n) is 2.26. The number of rotatable bonds is 4. The second kappa shape index (κ2) is 4.31. The Balaban J connectivity index is 2.27. The molecule has 0 atom stereocenters. The molecule has 0 radical (unpaired) electrons. The van der Waals surface area contributed by atoms with Crippen LogP contribution in [0.15, 0.2) is 5.38 Å². The van der Waals surface area contributed by atoms with Crippen LogP contribution in [0.3, 0.4) is 0 Å². The third kappa shape index (κ3) is 2.86. The van der Waals surface area contributed by atoms with Crippen LogP contribution >= 0.6 is 11.3 Å². The average molecular weight is 172 g/mol. The number of nitrogens with zero attached hydrogens (tertiary/aromatic N) is 1. The van der Waals surface area contributed by atoms with Gasteiger partial charge in [0.15, 0.2) is 0 Å². The third-order valence-electron chi connectivity index (χ3n) is 1.31. The zero-order chi connectivity index (χ0) is 8.10. The lowest BCUT2D eigenvalue weighted by atomic mass is 10.3. The molecular formula is C7H12N2OS. The van der Waals surface area contributed by atoms with Gasteiger partial charge in [0.25, 0.3) is 0 Å². The Kier molecular flexibility index (Phi) is 3.32. The van der Waals surface area contributed by atoms with Gasteiger partial charge in [0.1, 0.15) is 5.82 Å². The molecule has 0 aromatic carbocycles. The maximum Gasteiger partial charge on any atom is 0.134 e. The first kappa shape index (κ1) is 8.49. The van der Waals surface area contributed by atoms with Crippen LogP contribution in [0, 0.1) is 0 Å². The van der Waals surface area contributed by atoms with E-state index in [-0.39, 0.29) is 0 Å². The van der Waals surface area contributed by atoms with Crippen molar-refractivity contribution >= 4 is 17.2 Å². The highest BCUT2D eigenvalue weighted by atomic mass is 32.1. The SMILES string of the molecule is COCCCc1nc(N)cs1.